The van der Waals surface area contributed by atoms with E-state index < -0.39 is 21.0 Å². The molecule has 1 aromatic heterocycles. The van der Waals surface area contributed by atoms with E-state index in [1.165, 1.54) is 6.26 Å². The first-order valence-corrected chi connectivity index (χ1v) is 7.95. The van der Waals surface area contributed by atoms with Crippen molar-refractivity contribution in [2.24, 2.45) is 5.73 Å². The normalized spacial score (nSPS) is 24.3. The van der Waals surface area contributed by atoms with Gasteiger partial charge in [0.2, 0.25) is 0 Å². The van der Waals surface area contributed by atoms with Crippen LogP contribution in [0, 0.1) is 0 Å². The average molecular weight is 287 g/mol. The second-order valence-corrected chi connectivity index (χ2v) is 7.10. The van der Waals surface area contributed by atoms with E-state index in [1.54, 1.807) is 16.9 Å². The first kappa shape index (κ1) is 14.0. The Morgan fingerprint density at radius 1 is 1.58 bits per heavy atom. The minimum absolute atomic E-state index is 0.0846. The minimum Gasteiger partial charge on any atom is -0.375 e. The van der Waals surface area contributed by atoms with Gasteiger partial charge < -0.3 is 10.5 Å². The van der Waals surface area contributed by atoms with Crippen LogP contribution in [0.2, 0.25) is 0 Å². The van der Waals surface area contributed by atoms with Gasteiger partial charge in [0, 0.05) is 12.5 Å². The molecule has 106 valence electrons. The summed E-state index contributed by atoms with van der Waals surface area (Å²) in [5.41, 5.74) is 5.33. The van der Waals surface area contributed by atoms with Gasteiger partial charge in [-0.25, -0.2) is 8.42 Å². The number of nitrogens with zero attached hydrogens (tertiary/aromatic N) is 2. The number of ether oxygens (including phenoxy) is 1. The molecule has 0 spiro atoms. The lowest BCUT2D eigenvalue weighted by Gasteiger charge is -2.27. The third-order valence-electron chi connectivity index (χ3n) is 3.22. The van der Waals surface area contributed by atoms with Crippen molar-refractivity contribution in [1.82, 2.24) is 9.78 Å². The molecular formula is C11H17N3O4S. The van der Waals surface area contributed by atoms with E-state index in [9.17, 15) is 13.2 Å². The van der Waals surface area contributed by atoms with Crippen molar-refractivity contribution in [3.05, 3.63) is 18.0 Å². The molecule has 7 nitrogen and oxygen atoms in total. The van der Waals surface area contributed by atoms with Crippen LogP contribution in [0.25, 0.3) is 0 Å². The number of amides is 1. The van der Waals surface area contributed by atoms with Gasteiger partial charge in [-0.2, -0.15) is 5.10 Å². The molecule has 1 saturated heterocycles. The highest BCUT2D eigenvalue weighted by Gasteiger charge is 2.28. The van der Waals surface area contributed by atoms with E-state index in [1.807, 2.05) is 0 Å². The molecule has 2 N–H and O–H groups in total. The Labute approximate surface area is 111 Å². The fraction of sp³-hybridized carbons (Fsp3) is 0.636. The topological polar surface area (TPSA) is 104 Å². The number of aromatic nitrogens is 2. The van der Waals surface area contributed by atoms with Crippen molar-refractivity contribution >= 4 is 15.7 Å². The summed E-state index contributed by atoms with van der Waals surface area (Å²) in [6.45, 7) is 0.706. The number of carbonyl (C=O) groups is 1. The monoisotopic (exact) mass is 287 g/mol. The number of sulfone groups is 1. The van der Waals surface area contributed by atoms with Crippen molar-refractivity contribution in [2.45, 2.75) is 30.7 Å². The first-order chi connectivity index (χ1) is 8.86. The molecular weight excluding hydrogens is 270 g/mol. The van der Waals surface area contributed by atoms with Gasteiger partial charge in [-0.05, 0) is 18.9 Å². The second-order valence-electron chi connectivity index (χ2n) is 4.77. The molecule has 19 heavy (non-hydrogen) atoms. The quantitative estimate of drug-likeness (QED) is 0.809. The van der Waals surface area contributed by atoms with E-state index in [2.05, 4.69) is 5.10 Å². The highest BCUT2D eigenvalue weighted by atomic mass is 32.2. The molecule has 0 unspecified atom stereocenters. The minimum atomic E-state index is -3.04. The maximum absolute atomic E-state index is 11.4. The summed E-state index contributed by atoms with van der Waals surface area (Å²) in [5.74, 6) is -0.569. The fourth-order valence-corrected chi connectivity index (χ4v) is 2.96. The van der Waals surface area contributed by atoms with Gasteiger partial charge in [0.25, 0.3) is 5.91 Å². The van der Waals surface area contributed by atoms with Crippen molar-refractivity contribution in [1.29, 1.82) is 0 Å². The SMILES string of the molecule is CS(=O)(=O)[C@H]1CC[C@@H](Cn2ccc(C(N)=O)n2)OC1. The number of hydrogen-bond donors (Lipinski definition) is 1. The Hall–Kier alpha value is -1.41. The third kappa shape index (κ3) is 3.54. The van der Waals surface area contributed by atoms with Gasteiger partial charge in [0.1, 0.15) is 5.69 Å². The zero-order valence-electron chi connectivity index (χ0n) is 10.7. The predicted octanol–water partition coefficient (Wildman–Crippen LogP) is -0.426. The lowest BCUT2D eigenvalue weighted by molar-refractivity contribution is 0.00610. The number of nitrogens with two attached hydrogens (primary N) is 1. The van der Waals surface area contributed by atoms with Crippen molar-refractivity contribution in [3.63, 3.8) is 0 Å². The molecule has 1 aliphatic rings. The molecule has 1 fully saturated rings. The Morgan fingerprint density at radius 3 is 2.79 bits per heavy atom. The molecule has 1 aromatic rings. The van der Waals surface area contributed by atoms with Crippen LogP contribution >= 0.6 is 0 Å². The Bertz CT molecular complexity index is 558. The Kier molecular flexibility index (Phi) is 3.91. The summed E-state index contributed by atoms with van der Waals surface area (Å²) < 4.78 is 29.9. The number of hydrogen-bond acceptors (Lipinski definition) is 5. The van der Waals surface area contributed by atoms with Gasteiger partial charge in [0.15, 0.2) is 9.84 Å². The summed E-state index contributed by atoms with van der Waals surface area (Å²) in [5, 5.41) is 3.60. The van der Waals surface area contributed by atoms with Crippen LogP contribution in [-0.2, 0) is 21.1 Å². The highest BCUT2D eigenvalue weighted by Crippen LogP contribution is 2.19. The van der Waals surface area contributed by atoms with Crippen LogP contribution in [0.3, 0.4) is 0 Å². The molecule has 0 aliphatic carbocycles. The van der Waals surface area contributed by atoms with Crippen LogP contribution in [0.4, 0.5) is 0 Å². The van der Waals surface area contributed by atoms with Crippen molar-refractivity contribution in [2.75, 3.05) is 12.9 Å². The lowest BCUT2D eigenvalue weighted by Crippen LogP contribution is -2.36. The van der Waals surface area contributed by atoms with E-state index in [0.717, 1.165) is 0 Å². The van der Waals surface area contributed by atoms with Gasteiger partial charge in [-0.3, -0.25) is 9.48 Å². The summed E-state index contributed by atoms with van der Waals surface area (Å²) >= 11 is 0. The van der Waals surface area contributed by atoms with E-state index in [0.29, 0.717) is 19.4 Å². The molecule has 1 amide bonds. The Morgan fingerprint density at radius 2 is 2.32 bits per heavy atom. The predicted molar refractivity (Wildman–Crippen MR) is 68.4 cm³/mol. The van der Waals surface area contributed by atoms with Gasteiger partial charge in [-0.15, -0.1) is 0 Å². The average Bonchev–Trinajstić information content (AvgIpc) is 2.77. The summed E-state index contributed by atoms with van der Waals surface area (Å²) in [6, 6.07) is 1.55. The van der Waals surface area contributed by atoms with Crippen molar-refractivity contribution in [3.8, 4) is 0 Å². The van der Waals surface area contributed by atoms with Crippen LogP contribution in [0.1, 0.15) is 23.3 Å². The molecule has 2 heterocycles. The molecule has 1 aliphatic heterocycles. The molecule has 0 radical (unpaired) electrons. The number of carbonyl (C=O) groups excluding carboxylic acids is 1. The summed E-state index contributed by atoms with van der Waals surface area (Å²) in [4.78, 5) is 10.9. The van der Waals surface area contributed by atoms with Crippen LogP contribution in [-0.4, -0.2) is 48.3 Å². The Balaban J connectivity index is 1.90. The zero-order chi connectivity index (χ0) is 14.0. The fourth-order valence-electron chi connectivity index (χ4n) is 2.07. The second kappa shape index (κ2) is 5.30. The summed E-state index contributed by atoms with van der Waals surface area (Å²) in [7, 11) is -3.04. The van der Waals surface area contributed by atoms with Crippen LogP contribution in [0.5, 0.6) is 0 Å². The van der Waals surface area contributed by atoms with Gasteiger partial charge in [0.05, 0.1) is 24.5 Å². The standard InChI is InChI=1S/C11H17N3O4S/c1-19(16,17)9-3-2-8(18-7-9)6-14-5-4-10(13-14)11(12)15/h4-5,8-9H,2-3,6-7H2,1H3,(H2,12,15)/t8-,9-/m0/s1. The number of primary amides is 1. The molecule has 0 aromatic carbocycles. The molecule has 2 atom stereocenters. The first-order valence-electron chi connectivity index (χ1n) is 6.00. The third-order valence-corrected chi connectivity index (χ3v) is 4.80. The molecule has 0 saturated carbocycles. The van der Waals surface area contributed by atoms with Gasteiger partial charge in [-0.1, -0.05) is 0 Å². The maximum atomic E-state index is 11.4. The van der Waals surface area contributed by atoms with Crippen LogP contribution in [0.15, 0.2) is 12.3 Å². The number of rotatable bonds is 4. The lowest BCUT2D eigenvalue weighted by atomic mass is 10.1. The van der Waals surface area contributed by atoms with E-state index in [-0.39, 0.29) is 18.4 Å². The maximum Gasteiger partial charge on any atom is 0.269 e. The van der Waals surface area contributed by atoms with E-state index >= 15 is 0 Å². The van der Waals surface area contributed by atoms with Crippen molar-refractivity contribution < 1.29 is 17.9 Å². The molecule has 2 rings (SSSR count). The van der Waals surface area contributed by atoms with Gasteiger partial charge >= 0.3 is 0 Å². The summed E-state index contributed by atoms with van der Waals surface area (Å²) in [6.07, 6.45) is 4.05. The molecule has 0 bridgehead atoms. The smallest absolute Gasteiger partial charge is 0.269 e. The highest BCUT2D eigenvalue weighted by molar-refractivity contribution is 7.91. The largest absolute Gasteiger partial charge is 0.375 e. The van der Waals surface area contributed by atoms with E-state index in [4.69, 9.17) is 10.5 Å². The zero-order valence-corrected chi connectivity index (χ0v) is 11.5. The van der Waals surface area contributed by atoms with Crippen LogP contribution < -0.4 is 5.73 Å². The molecule has 8 heteroatoms.